The number of nitrogens with zero attached hydrogens (tertiary/aromatic N) is 1. The van der Waals surface area contributed by atoms with Crippen LogP contribution >= 0.6 is 0 Å². The molecule has 0 radical (unpaired) electrons. The minimum atomic E-state index is -0.458. The van der Waals surface area contributed by atoms with Crippen LogP contribution in [-0.4, -0.2) is 30.0 Å². The molecule has 1 aliphatic rings. The van der Waals surface area contributed by atoms with Gasteiger partial charge in [-0.05, 0) is 31.5 Å². The molecular formula is C14H17N3O3. The molecule has 1 saturated heterocycles. The second-order valence-electron chi connectivity index (χ2n) is 4.69. The van der Waals surface area contributed by atoms with Crippen LogP contribution in [0.3, 0.4) is 0 Å². The average molecular weight is 275 g/mol. The van der Waals surface area contributed by atoms with Gasteiger partial charge in [0, 0.05) is 24.7 Å². The molecule has 0 spiro atoms. The number of carbonyl (C=O) groups is 1. The van der Waals surface area contributed by atoms with E-state index < -0.39 is 4.92 Å². The van der Waals surface area contributed by atoms with Gasteiger partial charge in [-0.15, -0.1) is 0 Å². The molecule has 1 amide bonds. The van der Waals surface area contributed by atoms with E-state index in [4.69, 9.17) is 0 Å². The molecule has 1 heterocycles. The number of amides is 1. The van der Waals surface area contributed by atoms with Crippen molar-refractivity contribution >= 4 is 17.7 Å². The lowest BCUT2D eigenvalue weighted by atomic mass is 10.1. The molecule has 1 aliphatic heterocycles. The molecule has 1 aromatic carbocycles. The summed E-state index contributed by atoms with van der Waals surface area (Å²) in [5, 5.41) is 16.9. The zero-order valence-corrected chi connectivity index (χ0v) is 11.0. The van der Waals surface area contributed by atoms with Crippen molar-refractivity contribution in [3.8, 4) is 0 Å². The monoisotopic (exact) mass is 275 g/mol. The molecular weight excluding hydrogens is 258 g/mol. The minimum absolute atomic E-state index is 0.00555. The fraction of sp³-hybridized carbons (Fsp3) is 0.357. The van der Waals surface area contributed by atoms with Gasteiger partial charge in [-0.3, -0.25) is 14.9 Å². The van der Waals surface area contributed by atoms with Gasteiger partial charge in [0.2, 0.25) is 5.91 Å². The molecule has 6 nitrogen and oxygen atoms in total. The van der Waals surface area contributed by atoms with Crippen molar-refractivity contribution in [2.45, 2.75) is 18.9 Å². The van der Waals surface area contributed by atoms with Crippen LogP contribution in [0.2, 0.25) is 0 Å². The molecule has 2 rings (SSSR count). The first-order valence-corrected chi connectivity index (χ1v) is 6.59. The Kier molecular flexibility index (Phi) is 4.84. The maximum Gasteiger partial charge on any atom is 0.276 e. The van der Waals surface area contributed by atoms with Crippen LogP contribution < -0.4 is 10.6 Å². The van der Waals surface area contributed by atoms with E-state index in [1.165, 1.54) is 18.2 Å². The normalized spacial score (nSPS) is 18.3. The van der Waals surface area contributed by atoms with E-state index in [1.807, 2.05) is 0 Å². The second-order valence-corrected chi connectivity index (χ2v) is 4.69. The van der Waals surface area contributed by atoms with E-state index in [1.54, 1.807) is 18.2 Å². The molecule has 1 atom stereocenters. The van der Waals surface area contributed by atoms with E-state index in [-0.39, 0.29) is 11.6 Å². The Morgan fingerprint density at radius 1 is 1.50 bits per heavy atom. The van der Waals surface area contributed by atoms with Gasteiger partial charge in [-0.25, -0.2) is 0 Å². The van der Waals surface area contributed by atoms with E-state index in [0.717, 1.165) is 19.4 Å². The fourth-order valence-corrected chi connectivity index (χ4v) is 2.17. The third kappa shape index (κ3) is 3.89. The predicted octanol–water partition coefficient (Wildman–Crippen LogP) is 1.48. The Bertz CT molecular complexity index is 522. The van der Waals surface area contributed by atoms with Crippen LogP contribution in [0.5, 0.6) is 0 Å². The molecule has 0 saturated carbocycles. The smallest absolute Gasteiger partial charge is 0.276 e. The third-order valence-corrected chi connectivity index (χ3v) is 3.23. The highest BCUT2D eigenvalue weighted by Crippen LogP contribution is 2.18. The lowest BCUT2D eigenvalue weighted by molar-refractivity contribution is -0.385. The van der Waals surface area contributed by atoms with Gasteiger partial charge in [0.1, 0.15) is 0 Å². The van der Waals surface area contributed by atoms with E-state index in [0.29, 0.717) is 18.2 Å². The Hall–Kier alpha value is -2.21. The largest absolute Gasteiger partial charge is 0.351 e. The van der Waals surface area contributed by atoms with Gasteiger partial charge in [0.15, 0.2) is 0 Å². The maximum atomic E-state index is 11.7. The molecule has 1 fully saturated rings. The van der Waals surface area contributed by atoms with Crippen molar-refractivity contribution in [1.82, 2.24) is 10.6 Å². The molecule has 6 heteroatoms. The quantitative estimate of drug-likeness (QED) is 0.484. The van der Waals surface area contributed by atoms with Crippen molar-refractivity contribution in [3.05, 3.63) is 46.0 Å². The number of hydrogen-bond acceptors (Lipinski definition) is 4. The van der Waals surface area contributed by atoms with Crippen molar-refractivity contribution in [2.24, 2.45) is 0 Å². The van der Waals surface area contributed by atoms with Gasteiger partial charge in [0.05, 0.1) is 10.5 Å². The topological polar surface area (TPSA) is 84.3 Å². The summed E-state index contributed by atoms with van der Waals surface area (Å²) in [5.41, 5.74) is 0.417. The SMILES string of the molecule is O=C(C=Cc1ccccc1[N+](=O)[O-])NCC1CCCN1. The molecule has 1 unspecified atom stereocenters. The Morgan fingerprint density at radius 3 is 3.00 bits per heavy atom. The van der Waals surface area contributed by atoms with Gasteiger partial charge in [-0.2, -0.15) is 0 Å². The fourth-order valence-electron chi connectivity index (χ4n) is 2.17. The minimum Gasteiger partial charge on any atom is -0.351 e. The number of nitro benzene ring substituents is 1. The molecule has 106 valence electrons. The second kappa shape index (κ2) is 6.81. The number of carbonyl (C=O) groups excluding carboxylic acids is 1. The van der Waals surface area contributed by atoms with Crippen LogP contribution in [0.15, 0.2) is 30.3 Å². The van der Waals surface area contributed by atoms with Gasteiger partial charge >= 0.3 is 0 Å². The van der Waals surface area contributed by atoms with Crippen molar-refractivity contribution in [2.75, 3.05) is 13.1 Å². The number of nitrogens with one attached hydrogen (secondary N) is 2. The Labute approximate surface area is 117 Å². The maximum absolute atomic E-state index is 11.7. The van der Waals surface area contributed by atoms with Crippen LogP contribution in [0.4, 0.5) is 5.69 Å². The first kappa shape index (κ1) is 14.2. The zero-order chi connectivity index (χ0) is 14.4. The standard InChI is InChI=1S/C14H17N3O3/c18-14(16-10-12-5-3-9-15-12)8-7-11-4-1-2-6-13(11)17(19)20/h1-2,4,6-8,12,15H,3,5,9-10H2,(H,16,18). The number of hydrogen-bond donors (Lipinski definition) is 2. The number of benzene rings is 1. The summed E-state index contributed by atoms with van der Waals surface area (Å²) in [4.78, 5) is 22.0. The highest BCUT2D eigenvalue weighted by Gasteiger charge is 2.14. The van der Waals surface area contributed by atoms with E-state index >= 15 is 0 Å². The number of nitro groups is 1. The third-order valence-electron chi connectivity index (χ3n) is 3.23. The van der Waals surface area contributed by atoms with Gasteiger partial charge in [-0.1, -0.05) is 12.1 Å². The van der Waals surface area contributed by atoms with Crippen LogP contribution in [0.25, 0.3) is 6.08 Å². The van der Waals surface area contributed by atoms with Crippen molar-refractivity contribution in [1.29, 1.82) is 0 Å². The molecule has 20 heavy (non-hydrogen) atoms. The van der Waals surface area contributed by atoms with Crippen molar-refractivity contribution < 1.29 is 9.72 Å². The van der Waals surface area contributed by atoms with Crippen LogP contribution in [-0.2, 0) is 4.79 Å². The average Bonchev–Trinajstić information content (AvgIpc) is 2.96. The van der Waals surface area contributed by atoms with Crippen LogP contribution in [0.1, 0.15) is 18.4 Å². The summed E-state index contributed by atoms with van der Waals surface area (Å²) >= 11 is 0. The lowest BCUT2D eigenvalue weighted by Crippen LogP contribution is -2.36. The summed E-state index contributed by atoms with van der Waals surface area (Å²) < 4.78 is 0. The first-order chi connectivity index (χ1) is 9.66. The Balaban J connectivity index is 1.91. The van der Waals surface area contributed by atoms with Gasteiger partial charge in [0.25, 0.3) is 5.69 Å². The summed E-state index contributed by atoms with van der Waals surface area (Å²) in [5.74, 6) is -0.239. The Morgan fingerprint density at radius 2 is 2.30 bits per heavy atom. The zero-order valence-electron chi connectivity index (χ0n) is 11.0. The van der Waals surface area contributed by atoms with E-state index in [9.17, 15) is 14.9 Å². The molecule has 2 N–H and O–H groups in total. The number of para-hydroxylation sites is 1. The molecule has 0 bridgehead atoms. The van der Waals surface area contributed by atoms with Crippen molar-refractivity contribution in [3.63, 3.8) is 0 Å². The lowest BCUT2D eigenvalue weighted by Gasteiger charge is -2.09. The van der Waals surface area contributed by atoms with E-state index in [2.05, 4.69) is 10.6 Å². The summed E-state index contributed by atoms with van der Waals surface area (Å²) in [6.07, 6.45) is 4.99. The molecule has 0 aromatic heterocycles. The van der Waals surface area contributed by atoms with Crippen LogP contribution in [0, 0.1) is 10.1 Å². The predicted molar refractivity (Wildman–Crippen MR) is 76.2 cm³/mol. The number of rotatable bonds is 5. The molecule has 1 aromatic rings. The highest BCUT2D eigenvalue weighted by molar-refractivity contribution is 5.92. The molecule has 0 aliphatic carbocycles. The summed E-state index contributed by atoms with van der Waals surface area (Å²) in [6, 6.07) is 6.66. The highest BCUT2D eigenvalue weighted by atomic mass is 16.6. The summed E-state index contributed by atoms with van der Waals surface area (Å²) in [7, 11) is 0. The van der Waals surface area contributed by atoms with Gasteiger partial charge < -0.3 is 10.6 Å². The summed E-state index contributed by atoms with van der Waals surface area (Å²) in [6.45, 7) is 1.58. The first-order valence-electron chi connectivity index (χ1n) is 6.59.